The number of anilines is 2. The number of carbonyl (C=O) groups excluding carboxylic acids is 1. The minimum Gasteiger partial charge on any atom is -0.388 e. The third-order valence-corrected chi connectivity index (χ3v) is 6.12. The van der Waals surface area contributed by atoms with Gasteiger partial charge in [-0.2, -0.15) is 10.2 Å². The van der Waals surface area contributed by atoms with E-state index in [1.54, 1.807) is 26.1 Å². The van der Waals surface area contributed by atoms with Crippen LogP contribution in [-0.2, 0) is 20.0 Å². The van der Waals surface area contributed by atoms with Crippen molar-refractivity contribution in [1.29, 1.82) is 0 Å². The van der Waals surface area contributed by atoms with E-state index in [1.807, 2.05) is 17.9 Å². The highest BCUT2D eigenvalue weighted by molar-refractivity contribution is 5.94. The van der Waals surface area contributed by atoms with Gasteiger partial charge in [-0.3, -0.25) is 15.1 Å². The standard InChI is InChI=1S/C24H27FN8O2/c1-24(2,35)21(14-4-6-16(25)7-5-14)28-23(34)27-20-10-19-17(11-26-20)22(30-29-19)33-9-8-18-15(13-33)12-32(3)31-18/h4-7,10-12,21,35H,8-9,13H2,1-3H3,(H,29,30)(H2,26,27,28,34)/t21-/m0/s1. The molecule has 35 heavy (non-hydrogen) atoms. The van der Waals surface area contributed by atoms with Crippen molar-refractivity contribution in [3.63, 3.8) is 0 Å². The van der Waals surface area contributed by atoms with Crippen molar-refractivity contribution in [1.82, 2.24) is 30.3 Å². The summed E-state index contributed by atoms with van der Waals surface area (Å²) in [6.45, 7) is 4.67. The van der Waals surface area contributed by atoms with Gasteiger partial charge in [-0.1, -0.05) is 12.1 Å². The van der Waals surface area contributed by atoms with Crippen LogP contribution in [0.25, 0.3) is 10.9 Å². The highest BCUT2D eigenvalue weighted by Gasteiger charge is 2.30. The van der Waals surface area contributed by atoms with E-state index in [0.29, 0.717) is 17.9 Å². The molecule has 0 fully saturated rings. The quantitative estimate of drug-likeness (QED) is 0.350. The molecule has 0 saturated heterocycles. The number of aromatic amines is 1. The molecule has 3 aromatic heterocycles. The fraction of sp³-hybridized carbons (Fsp3) is 0.333. The van der Waals surface area contributed by atoms with Gasteiger partial charge in [0, 0.05) is 50.6 Å². The minimum atomic E-state index is -1.28. The predicted molar refractivity (Wildman–Crippen MR) is 129 cm³/mol. The predicted octanol–water partition coefficient (Wildman–Crippen LogP) is 3.03. The summed E-state index contributed by atoms with van der Waals surface area (Å²) in [6.07, 6.45) is 4.55. The second-order valence-corrected chi connectivity index (χ2v) is 9.35. The van der Waals surface area contributed by atoms with E-state index in [1.165, 1.54) is 29.8 Å². The molecule has 0 saturated carbocycles. The van der Waals surface area contributed by atoms with E-state index < -0.39 is 23.5 Å². The van der Waals surface area contributed by atoms with Gasteiger partial charge in [-0.05, 0) is 31.5 Å². The lowest BCUT2D eigenvalue weighted by atomic mass is 9.92. The summed E-state index contributed by atoms with van der Waals surface area (Å²) in [6, 6.07) is 6.04. The molecule has 0 bridgehead atoms. The number of hydrogen-bond donors (Lipinski definition) is 4. The van der Waals surface area contributed by atoms with Gasteiger partial charge in [0.25, 0.3) is 0 Å². The lowest BCUT2D eigenvalue weighted by Gasteiger charge is -2.30. The third kappa shape index (κ3) is 4.67. The molecule has 4 aromatic rings. The van der Waals surface area contributed by atoms with Gasteiger partial charge in [0.05, 0.1) is 28.2 Å². The van der Waals surface area contributed by atoms with Crippen LogP contribution in [0, 0.1) is 5.82 Å². The average Bonchev–Trinajstić information content (AvgIpc) is 3.39. The Morgan fingerprint density at radius 2 is 2.06 bits per heavy atom. The molecular formula is C24H27FN8O2. The number of H-pyrrole nitrogens is 1. The maximum atomic E-state index is 13.3. The van der Waals surface area contributed by atoms with E-state index in [9.17, 15) is 14.3 Å². The first-order valence-corrected chi connectivity index (χ1v) is 11.3. The summed E-state index contributed by atoms with van der Waals surface area (Å²) in [4.78, 5) is 19.3. The number of nitrogens with zero attached hydrogens (tertiary/aromatic N) is 5. The van der Waals surface area contributed by atoms with Crippen LogP contribution in [-0.4, -0.2) is 48.2 Å². The number of rotatable bonds is 5. The van der Waals surface area contributed by atoms with Crippen LogP contribution >= 0.6 is 0 Å². The maximum absolute atomic E-state index is 13.3. The Morgan fingerprint density at radius 1 is 1.29 bits per heavy atom. The SMILES string of the molecule is Cn1cc2c(n1)CCN(c1n[nH]c3cc(NC(=O)N[C@@H](c4ccc(F)cc4)C(C)(C)O)ncc13)C2. The van der Waals surface area contributed by atoms with E-state index >= 15 is 0 Å². The van der Waals surface area contributed by atoms with Crippen LogP contribution in [0.4, 0.5) is 20.8 Å². The summed E-state index contributed by atoms with van der Waals surface area (Å²) in [7, 11) is 1.92. The number of aryl methyl sites for hydroxylation is 1. The van der Waals surface area contributed by atoms with Crippen LogP contribution in [0.3, 0.4) is 0 Å². The number of fused-ring (bicyclic) bond motifs is 2. The summed E-state index contributed by atoms with van der Waals surface area (Å²) in [5.74, 6) is 0.734. The number of amides is 2. The van der Waals surface area contributed by atoms with Gasteiger partial charge in [-0.15, -0.1) is 0 Å². The zero-order chi connectivity index (χ0) is 24.7. The summed E-state index contributed by atoms with van der Waals surface area (Å²) < 4.78 is 15.2. The number of carbonyl (C=O) groups is 1. The van der Waals surface area contributed by atoms with E-state index in [4.69, 9.17) is 0 Å². The van der Waals surface area contributed by atoms with Crippen LogP contribution < -0.4 is 15.5 Å². The van der Waals surface area contributed by atoms with Gasteiger partial charge >= 0.3 is 6.03 Å². The number of urea groups is 1. The molecule has 4 N–H and O–H groups in total. The van der Waals surface area contributed by atoms with Crippen molar-refractivity contribution in [2.24, 2.45) is 7.05 Å². The normalized spacial score (nSPS) is 14.6. The van der Waals surface area contributed by atoms with Gasteiger partial charge in [0.15, 0.2) is 5.82 Å². The molecule has 0 radical (unpaired) electrons. The Kier molecular flexibility index (Phi) is 5.64. The molecule has 4 heterocycles. The monoisotopic (exact) mass is 478 g/mol. The number of hydrogen-bond acceptors (Lipinski definition) is 6. The van der Waals surface area contributed by atoms with Gasteiger partial charge in [0.2, 0.25) is 0 Å². The minimum absolute atomic E-state index is 0.326. The van der Waals surface area contributed by atoms with Crippen molar-refractivity contribution in [2.75, 3.05) is 16.8 Å². The number of aromatic nitrogens is 5. The Hall–Kier alpha value is -3.99. The molecule has 0 spiro atoms. The van der Waals surface area contributed by atoms with Crippen molar-refractivity contribution in [3.8, 4) is 0 Å². The molecule has 10 nitrogen and oxygen atoms in total. The van der Waals surface area contributed by atoms with Crippen molar-refractivity contribution in [3.05, 3.63) is 65.4 Å². The Morgan fingerprint density at radius 3 is 2.80 bits per heavy atom. The van der Waals surface area contributed by atoms with Gasteiger partial charge in [0.1, 0.15) is 11.6 Å². The Balaban J connectivity index is 1.31. The molecule has 11 heteroatoms. The second kappa shape index (κ2) is 8.66. The van der Waals surface area contributed by atoms with Crippen molar-refractivity contribution in [2.45, 2.75) is 38.5 Å². The highest BCUT2D eigenvalue weighted by Crippen LogP contribution is 2.29. The summed E-state index contributed by atoms with van der Waals surface area (Å²) >= 11 is 0. The van der Waals surface area contributed by atoms with Crippen LogP contribution in [0.5, 0.6) is 0 Å². The zero-order valence-electron chi connectivity index (χ0n) is 19.7. The van der Waals surface area contributed by atoms with Crippen molar-refractivity contribution >= 4 is 28.6 Å². The molecule has 182 valence electrons. The molecular weight excluding hydrogens is 451 g/mol. The lowest BCUT2D eigenvalue weighted by molar-refractivity contribution is 0.0415. The number of benzene rings is 1. The molecule has 0 unspecified atom stereocenters. The fourth-order valence-electron chi connectivity index (χ4n) is 4.45. The van der Waals surface area contributed by atoms with E-state index in [-0.39, 0.29) is 0 Å². The Bertz CT molecular complexity index is 1370. The molecule has 0 aliphatic carbocycles. The smallest absolute Gasteiger partial charge is 0.320 e. The van der Waals surface area contributed by atoms with Gasteiger partial charge < -0.3 is 15.3 Å². The van der Waals surface area contributed by atoms with Gasteiger partial charge in [-0.25, -0.2) is 14.2 Å². The first-order chi connectivity index (χ1) is 16.7. The van der Waals surface area contributed by atoms with Crippen LogP contribution in [0.2, 0.25) is 0 Å². The number of halogens is 1. The summed E-state index contributed by atoms with van der Waals surface area (Å²) in [5, 5.41) is 28.9. The second-order valence-electron chi connectivity index (χ2n) is 9.35. The third-order valence-electron chi connectivity index (χ3n) is 6.12. The average molecular weight is 479 g/mol. The first-order valence-electron chi connectivity index (χ1n) is 11.3. The Labute approximate surface area is 201 Å². The maximum Gasteiger partial charge on any atom is 0.320 e. The molecule has 1 aliphatic rings. The lowest BCUT2D eigenvalue weighted by Crippen LogP contribution is -2.44. The molecule has 1 atom stereocenters. The topological polar surface area (TPSA) is 124 Å². The molecule has 1 aromatic carbocycles. The number of nitrogens with one attached hydrogen (secondary N) is 3. The molecule has 1 aliphatic heterocycles. The largest absolute Gasteiger partial charge is 0.388 e. The van der Waals surface area contributed by atoms with Crippen LogP contribution in [0.1, 0.15) is 36.7 Å². The molecule has 5 rings (SSSR count). The van der Waals surface area contributed by atoms with Crippen LogP contribution in [0.15, 0.2) is 42.7 Å². The number of aliphatic hydroxyl groups is 1. The van der Waals surface area contributed by atoms with E-state index in [0.717, 1.165) is 35.4 Å². The molecule has 2 amide bonds. The fourth-order valence-corrected chi connectivity index (χ4v) is 4.45. The van der Waals surface area contributed by atoms with Crippen molar-refractivity contribution < 1.29 is 14.3 Å². The number of pyridine rings is 1. The first kappa shape index (κ1) is 22.8. The zero-order valence-corrected chi connectivity index (χ0v) is 19.7. The summed E-state index contributed by atoms with van der Waals surface area (Å²) in [5.41, 5.74) is 2.33. The van der Waals surface area contributed by atoms with E-state index in [2.05, 4.69) is 35.8 Å². The highest BCUT2D eigenvalue weighted by atomic mass is 19.1.